The Balaban J connectivity index is 2.01. The summed E-state index contributed by atoms with van der Waals surface area (Å²) in [6.45, 7) is 0. The normalized spacial score (nSPS) is 10.5. The second-order valence-corrected chi connectivity index (χ2v) is 5.22. The average Bonchev–Trinajstić information content (AvgIpc) is 2.90. The summed E-state index contributed by atoms with van der Waals surface area (Å²) in [5, 5.41) is 18.0. The SMILES string of the molecule is O=[N+]([O-])c1ccc(-c2[nH]nc(-c3ccccc3)c2Br)cc1. The minimum absolute atomic E-state index is 0.0673. The highest BCUT2D eigenvalue weighted by Gasteiger charge is 2.14. The molecule has 0 aliphatic carbocycles. The standard InChI is InChI=1S/C15H10BrN3O2/c16-13-14(10-4-2-1-3-5-10)17-18-15(13)11-6-8-12(9-7-11)19(20)21/h1-9H,(H,17,18). The van der Waals surface area contributed by atoms with E-state index in [0.717, 1.165) is 27.0 Å². The monoisotopic (exact) mass is 343 g/mol. The summed E-state index contributed by atoms with van der Waals surface area (Å²) in [6.07, 6.45) is 0. The van der Waals surface area contributed by atoms with Gasteiger partial charge in [0.25, 0.3) is 5.69 Å². The van der Waals surface area contributed by atoms with Gasteiger partial charge in [-0.15, -0.1) is 0 Å². The van der Waals surface area contributed by atoms with Gasteiger partial charge in [-0.3, -0.25) is 15.2 Å². The van der Waals surface area contributed by atoms with E-state index in [1.807, 2.05) is 30.3 Å². The van der Waals surface area contributed by atoms with E-state index >= 15 is 0 Å². The first-order valence-corrected chi connectivity index (χ1v) is 7.00. The zero-order chi connectivity index (χ0) is 14.8. The molecule has 0 fully saturated rings. The van der Waals surface area contributed by atoms with Crippen LogP contribution in [0.5, 0.6) is 0 Å². The molecular weight excluding hydrogens is 334 g/mol. The Kier molecular flexibility index (Phi) is 3.53. The number of H-pyrrole nitrogens is 1. The molecule has 2 aromatic carbocycles. The number of halogens is 1. The molecule has 104 valence electrons. The fraction of sp³-hybridized carbons (Fsp3) is 0. The van der Waals surface area contributed by atoms with Crippen LogP contribution in [0.25, 0.3) is 22.5 Å². The highest BCUT2D eigenvalue weighted by molar-refractivity contribution is 9.10. The van der Waals surface area contributed by atoms with Crippen molar-refractivity contribution in [3.63, 3.8) is 0 Å². The van der Waals surface area contributed by atoms with Gasteiger partial charge in [0, 0.05) is 23.3 Å². The summed E-state index contributed by atoms with van der Waals surface area (Å²) < 4.78 is 0.836. The van der Waals surface area contributed by atoms with Crippen LogP contribution in [0.2, 0.25) is 0 Å². The lowest BCUT2D eigenvalue weighted by atomic mass is 10.1. The Morgan fingerprint density at radius 1 is 1.00 bits per heavy atom. The number of aromatic amines is 1. The van der Waals surface area contributed by atoms with E-state index in [0.29, 0.717) is 0 Å². The maximum Gasteiger partial charge on any atom is 0.269 e. The molecule has 0 saturated carbocycles. The van der Waals surface area contributed by atoms with Crippen LogP contribution in [0.4, 0.5) is 5.69 Å². The summed E-state index contributed by atoms with van der Waals surface area (Å²) in [7, 11) is 0. The van der Waals surface area contributed by atoms with Crippen molar-refractivity contribution in [3.8, 4) is 22.5 Å². The fourth-order valence-electron chi connectivity index (χ4n) is 2.06. The predicted molar refractivity (Wildman–Crippen MR) is 83.8 cm³/mol. The molecule has 1 aromatic heterocycles. The molecule has 21 heavy (non-hydrogen) atoms. The smallest absolute Gasteiger partial charge is 0.269 e. The Bertz CT molecular complexity index is 782. The van der Waals surface area contributed by atoms with Gasteiger partial charge in [0.05, 0.1) is 15.1 Å². The Morgan fingerprint density at radius 3 is 2.29 bits per heavy atom. The van der Waals surface area contributed by atoms with Crippen LogP contribution in [-0.4, -0.2) is 15.1 Å². The Labute approximate surface area is 128 Å². The topological polar surface area (TPSA) is 71.8 Å². The van der Waals surface area contributed by atoms with Gasteiger partial charge in [-0.05, 0) is 28.1 Å². The van der Waals surface area contributed by atoms with Crippen LogP contribution in [0, 0.1) is 10.1 Å². The molecular formula is C15H10BrN3O2. The lowest BCUT2D eigenvalue weighted by Crippen LogP contribution is -1.87. The van der Waals surface area contributed by atoms with Gasteiger partial charge in [0.15, 0.2) is 0 Å². The third-order valence-electron chi connectivity index (χ3n) is 3.12. The highest BCUT2D eigenvalue weighted by Crippen LogP contribution is 2.34. The Hall–Kier alpha value is -2.47. The summed E-state index contributed by atoms with van der Waals surface area (Å²) in [6, 6.07) is 16.1. The molecule has 0 radical (unpaired) electrons. The molecule has 0 unspecified atom stereocenters. The second kappa shape index (κ2) is 5.49. The minimum Gasteiger partial charge on any atom is -0.276 e. The van der Waals surface area contributed by atoms with E-state index in [9.17, 15) is 10.1 Å². The number of hydrogen-bond acceptors (Lipinski definition) is 3. The molecule has 0 atom stereocenters. The largest absolute Gasteiger partial charge is 0.276 e. The number of nitro groups is 1. The number of nitro benzene ring substituents is 1. The minimum atomic E-state index is -0.415. The van der Waals surface area contributed by atoms with Crippen LogP contribution < -0.4 is 0 Å². The zero-order valence-corrected chi connectivity index (χ0v) is 12.4. The molecule has 0 amide bonds. The molecule has 1 heterocycles. The number of non-ortho nitro benzene ring substituents is 1. The summed E-state index contributed by atoms with van der Waals surface area (Å²) in [4.78, 5) is 10.3. The molecule has 0 saturated heterocycles. The lowest BCUT2D eigenvalue weighted by molar-refractivity contribution is -0.384. The Morgan fingerprint density at radius 2 is 1.67 bits per heavy atom. The summed E-state index contributed by atoms with van der Waals surface area (Å²) in [5.41, 5.74) is 3.50. The number of nitrogens with one attached hydrogen (secondary N) is 1. The van der Waals surface area contributed by atoms with Gasteiger partial charge in [-0.25, -0.2) is 0 Å². The van der Waals surface area contributed by atoms with E-state index in [-0.39, 0.29) is 5.69 Å². The lowest BCUT2D eigenvalue weighted by Gasteiger charge is -2.00. The van der Waals surface area contributed by atoms with E-state index in [2.05, 4.69) is 26.1 Å². The number of benzene rings is 2. The van der Waals surface area contributed by atoms with Gasteiger partial charge in [-0.1, -0.05) is 30.3 Å². The third-order valence-corrected chi connectivity index (χ3v) is 3.89. The van der Waals surface area contributed by atoms with Crippen molar-refractivity contribution in [2.45, 2.75) is 0 Å². The molecule has 0 aliphatic heterocycles. The molecule has 0 spiro atoms. The predicted octanol–water partition coefficient (Wildman–Crippen LogP) is 4.41. The molecule has 3 rings (SSSR count). The maximum atomic E-state index is 10.7. The van der Waals surface area contributed by atoms with Crippen LogP contribution >= 0.6 is 15.9 Å². The first-order chi connectivity index (χ1) is 10.2. The number of nitrogens with zero attached hydrogens (tertiary/aromatic N) is 2. The van der Waals surface area contributed by atoms with E-state index in [1.165, 1.54) is 12.1 Å². The summed E-state index contributed by atoms with van der Waals surface area (Å²) >= 11 is 3.54. The third kappa shape index (κ3) is 2.57. The van der Waals surface area contributed by atoms with Gasteiger partial charge < -0.3 is 0 Å². The van der Waals surface area contributed by atoms with Gasteiger partial charge in [0.1, 0.15) is 5.69 Å². The first kappa shape index (κ1) is 13.5. The molecule has 0 aliphatic rings. The van der Waals surface area contributed by atoms with E-state index < -0.39 is 4.92 Å². The van der Waals surface area contributed by atoms with Crippen molar-refractivity contribution >= 4 is 21.6 Å². The zero-order valence-electron chi connectivity index (χ0n) is 10.8. The van der Waals surface area contributed by atoms with E-state index in [1.54, 1.807) is 12.1 Å². The first-order valence-electron chi connectivity index (χ1n) is 6.21. The van der Waals surface area contributed by atoms with Crippen LogP contribution in [0.3, 0.4) is 0 Å². The van der Waals surface area contributed by atoms with Gasteiger partial charge in [0.2, 0.25) is 0 Å². The molecule has 3 aromatic rings. The molecule has 6 heteroatoms. The van der Waals surface area contributed by atoms with Crippen molar-refractivity contribution < 1.29 is 4.92 Å². The van der Waals surface area contributed by atoms with Crippen LogP contribution in [0.15, 0.2) is 59.1 Å². The average molecular weight is 344 g/mol. The molecule has 0 bridgehead atoms. The van der Waals surface area contributed by atoms with Crippen LogP contribution in [0.1, 0.15) is 0 Å². The highest BCUT2D eigenvalue weighted by atomic mass is 79.9. The maximum absolute atomic E-state index is 10.7. The fourth-order valence-corrected chi connectivity index (χ4v) is 2.69. The quantitative estimate of drug-likeness (QED) is 0.565. The number of rotatable bonds is 3. The second-order valence-electron chi connectivity index (χ2n) is 4.43. The van der Waals surface area contributed by atoms with E-state index in [4.69, 9.17) is 0 Å². The van der Waals surface area contributed by atoms with Crippen molar-refractivity contribution in [1.29, 1.82) is 0 Å². The van der Waals surface area contributed by atoms with Crippen molar-refractivity contribution in [2.75, 3.05) is 0 Å². The van der Waals surface area contributed by atoms with Crippen LogP contribution in [-0.2, 0) is 0 Å². The number of aromatic nitrogens is 2. The van der Waals surface area contributed by atoms with Gasteiger partial charge >= 0.3 is 0 Å². The molecule has 1 N–H and O–H groups in total. The molecule has 5 nitrogen and oxygen atoms in total. The van der Waals surface area contributed by atoms with Crippen molar-refractivity contribution in [2.24, 2.45) is 0 Å². The van der Waals surface area contributed by atoms with Crippen molar-refractivity contribution in [1.82, 2.24) is 10.2 Å². The van der Waals surface area contributed by atoms with Crippen molar-refractivity contribution in [3.05, 3.63) is 69.2 Å². The number of hydrogen-bond donors (Lipinski definition) is 1. The van der Waals surface area contributed by atoms with Gasteiger partial charge in [-0.2, -0.15) is 5.10 Å². The summed E-state index contributed by atoms with van der Waals surface area (Å²) in [5.74, 6) is 0.